The van der Waals surface area contributed by atoms with Crippen LogP contribution in [0.1, 0.15) is 51.4 Å². The van der Waals surface area contributed by atoms with Gasteiger partial charge in [-0.05, 0) is 89.3 Å². The van der Waals surface area contributed by atoms with Gasteiger partial charge in [-0.2, -0.15) is 0 Å². The third kappa shape index (κ3) is 18.0. The van der Waals surface area contributed by atoms with Crippen LogP contribution in [-0.2, 0) is 9.68 Å². The van der Waals surface area contributed by atoms with Gasteiger partial charge in [0.05, 0.1) is 24.1 Å². The Morgan fingerprint density at radius 1 is 0.727 bits per heavy atom. The fourth-order valence-electron chi connectivity index (χ4n) is 7.22. The van der Waals surface area contributed by atoms with Crippen LogP contribution >= 0.6 is 0 Å². The van der Waals surface area contributed by atoms with Gasteiger partial charge in [0.25, 0.3) is 6.47 Å². The SMILES string of the molecule is CN1CCN(C2CCNCC2)CC1.COc1cc(C2CCC(N3CCN(C)CC3)CC2)ccc1[N+](=O)[O-].COc1cc(F)ccc1[N+](=O)[O-].O=CO[O-].[H-].[K+].[K+]. The van der Waals surface area contributed by atoms with E-state index in [0.29, 0.717) is 17.7 Å². The molecule has 0 unspecified atom stereocenters. The van der Waals surface area contributed by atoms with Gasteiger partial charge in [-0.3, -0.25) is 34.8 Å². The van der Waals surface area contributed by atoms with Gasteiger partial charge in [-0.1, -0.05) is 6.07 Å². The van der Waals surface area contributed by atoms with E-state index in [1.54, 1.807) is 6.07 Å². The first-order chi connectivity index (χ1) is 25.5. The van der Waals surface area contributed by atoms with Gasteiger partial charge < -0.3 is 36.2 Å². The first-order valence-corrected chi connectivity index (χ1v) is 18.1. The number of hydrogen-bond acceptors (Lipinski definition) is 14. The zero-order valence-corrected chi connectivity index (χ0v) is 39.6. The minimum Gasteiger partial charge on any atom is -1.00 e. The summed E-state index contributed by atoms with van der Waals surface area (Å²) in [6.07, 6.45) is 7.44. The van der Waals surface area contributed by atoms with Gasteiger partial charge in [0.1, 0.15) is 5.82 Å². The Balaban J connectivity index is 0.000000808. The molecule has 0 radical (unpaired) electrons. The van der Waals surface area contributed by atoms with Crippen LogP contribution in [-0.4, -0.2) is 142 Å². The van der Waals surface area contributed by atoms with Crippen molar-refractivity contribution in [2.75, 3.05) is 93.8 Å². The van der Waals surface area contributed by atoms with Crippen molar-refractivity contribution in [1.29, 1.82) is 0 Å². The zero-order chi connectivity index (χ0) is 38.8. The molecule has 3 aliphatic heterocycles. The number of methoxy groups -OCH3 is 2. The predicted molar refractivity (Wildman–Crippen MR) is 197 cm³/mol. The normalized spacial score (nSPS) is 20.8. The average molecular weight is 828 g/mol. The number of nitro groups is 2. The molecule has 2 aromatic carbocycles. The van der Waals surface area contributed by atoms with Gasteiger partial charge in [-0.25, -0.2) is 4.39 Å². The van der Waals surface area contributed by atoms with E-state index < -0.39 is 10.7 Å². The first-order valence-electron chi connectivity index (χ1n) is 18.1. The molecule has 4 aliphatic rings. The average Bonchev–Trinajstić information content (AvgIpc) is 3.19. The second-order valence-corrected chi connectivity index (χ2v) is 13.6. The van der Waals surface area contributed by atoms with Gasteiger partial charge in [0, 0.05) is 82.6 Å². The molecule has 4 fully saturated rings. The molecule has 3 saturated heterocycles. The molecular formula is C36H56FK2N7O9. The number of benzene rings is 2. The summed E-state index contributed by atoms with van der Waals surface area (Å²) < 4.78 is 22.3. The Hall–Kier alpha value is -0.727. The van der Waals surface area contributed by atoms with Crippen LogP contribution in [0, 0.1) is 26.0 Å². The Morgan fingerprint density at radius 3 is 1.56 bits per heavy atom. The number of carbonyl (C=O) groups is 1. The number of nitrogens with zero attached hydrogens (tertiary/aromatic N) is 6. The largest absolute Gasteiger partial charge is 1.00 e. The van der Waals surface area contributed by atoms with Crippen LogP contribution in [0.4, 0.5) is 15.8 Å². The number of halogens is 1. The summed E-state index contributed by atoms with van der Waals surface area (Å²) in [7, 11) is 7.16. The van der Waals surface area contributed by atoms with E-state index >= 15 is 0 Å². The van der Waals surface area contributed by atoms with Crippen molar-refractivity contribution >= 4 is 17.8 Å². The predicted octanol–water partition coefficient (Wildman–Crippen LogP) is -2.84. The van der Waals surface area contributed by atoms with Gasteiger partial charge in [0.15, 0.2) is 11.5 Å². The number of nitro benzene ring substituents is 2. The molecular weight excluding hydrogens is 772 g/mol. The summed E-state index contributed by atoms with van der Waals surface area (Å²) >= 11 is 0. The van der Waals surface area contributed by atoms with E-state index in [4.69, 9.17) is 14.8 Å². The van der Waals surface area contributed by atoms with Crippen molar-refractivity contribution in [2.24, 2.45) is 0 Å². The molecule has 1 saturated carbocycles. The molecule has 19 heteroatoms. The number of piperazine rings is 2. The summed E-state index contributed by atoms with van der Waals surface area (Å²) in [6.45, 7) is 12.0. The molecule has 298 valence electrons. The molecule has 0 bridgehead atoms. The standard InChI is InChI=1S/C18H27N3O3.C10H21N3.C7H6FNO3.CH2O3.2K.H/c1-19-9-11-20(12-10-19)16-6-3-14(4-7-16)15-5-8-17(21(22)23)18(13-15)24-2;1-12-6-8-13(9-7-12)10-2-4-11-5-3-10;1-12-7-4-5(8)2-3-6(7)9(10)11;2-1-4-3;;;/h5,8,13-14,16H,3-4,6-7,9-12H2,1-2H3;10-11H,2-9H2,1H3;2-4H,1H3;1,3H;;;/q;;;;2*+1;-1/p-1. The molecule has 3 heterocycles. The minimum absolute atomic E-state index is 0. The maximum Gasteiger partial charge on any atom is 1.00 e. The quantitative estimate of drug-likeness (QED) is 0.0947. The number of piperidine rings is 1. The van der Waals surface area contributed by atoms with Gasteiger partial charge in [-0.15, -0.1) is 0 Å². The summed E-state index contributed by atoms with van der Waals surface area (Å²) in [5.74, 6) is 0.236. The molecule has 2 aromatic rings. The Bertz CT molecular complexity index is 1430. The van der Waals surface area contributed by atoms with Crippen LogP contribution in [0.3, 0.4) is 0 Å². The summed E-state index contributed by atoms with van der Waals surface area (Å²) in [6, 6.07) is 9.97. The number of carbonyl (C=O) groups excluding carboxylic acids is 1. The van der Waals surface area contributed by atoms with Crippen molar-refractivity contribution in [3.63, 3.8) is 0 Å². The Kier molecular flexibility index (Phi) is 27.2. The fraction of sp³-hybridized carbons (Fsp3) is 0.639. The Labute approximate surface area is 410 Å². The van der Waals surface area contributed by atoms with Crippen LogP contribution in [0.25, 0.3) is 0 Å². The molecule has 6 rings (SSSR count). The van der Waals surface area contributed by atoms with E-state index in [9.17, 15) is 24.6 Å². The smallest absolute Gasteiger partial charge is 1.00 e. The molecule has 0 atom stereocenters. The van der Waals surface area contributed by atoms with Crippen molar-refractivity contribution in [1.82, 2.24) is 24.9 Å². The summed E-state index contributed by atoms with van der Waals surface area (Å²) in [5, 5.41) is 33.2. The van der Waals surface area contributed by atoms with E-state index in [1.807, 2.05) is 12.1 Å². The first kappa shape index (κ1) is 52.3. The van der Waals surface area contributed by atoms with Crippen molar-refractivity contribution in [3.8, 4) is 11.5 Å². The minimum atomic E-state index is -0.627. The third-order valence-corrected chi connectivity index (χ3v) is 10.4. The van der Waals surface area contributed by atoms with E-state index in [2.05, 4.69) is 48.6 Å². The van der Waals surface area contributed by atoms with Crippen LogP contribution in [0.2, 0.25) is 0 Å². The number of ether oxygens (including phenoxy) is 2. The number of rotatable bonds is 8. The van der Waals surface area contributed by atoms with E-state index in [1.165, 1.54) is 111 Å². The topological polar surface area (TPSA) is 179 Å². The maximum atomic E-state index is 12.5. The fourth-order valence-corrected chi connectivity index (χ4v) is 7.22. The van der Waals surface area contributed by atoms with Crippen LogP contribution < -0.4 is 123 Å². The monoisotopic (exact) mass is 827 g/mol. The van der Waals surface area contributed by atoms with E-state index in [-0.39, 0.29) is 133 Å². The van der Waals surface area contributed by atoms with Crippen LogP contribution in [0.5, 0.6) is 11.5 Å². The second-order valence-electron chi connectivity index (χ2n) is 13.6. The Morgan fingerprint density at radius 2 is 1.15 bits per heavy atom. The number of nitrogens with one attached hydrogen (secondary N) is 1. The van der Waals surface area contributed by atoms with Crippen molar-refractivity contribution in [3.05, 3.63) is 68.0 Å². The van der Waals surface area contributed by atoms with Crippen molar-refractivity contribution in [2.45, 2.75) is 56.5 Å². The summed E-state index contributed by atoms with van der Waals surface area (Å²) in [4.78, 5) is 41.7. The number of likely N-dealkylation sites (N-methyl/N-ethyl adjacent to an activating group) is 2. The second kappa shape index (κ2) is 28.7. The van der Waals surface area contributed by atoms with Crippen LogP contribution in [0.15, 0.2) is 36.4 Å². The van der Waals surface area contributed by atoms with E-state index in [0.717, 1.165) is 37.1 Å². The summed E-state index contributed by atoms with van der Waals surface area (Å²) in [5.41, 5.74) is 0.987. The molecule has 0 amide bonds. The maximum absolute atomic E-state index is 12.5. The molecule has 16 nitrogen and oxygen atoms in total. The molecule has 0 spiro atoms. The van der Waals surface area contributed by atoms with Gasteiger partial charge in [0.2, 0.25) is 0 Å². The molecule has 1 N–H and O–H groups in total. The molecule has 55 heavy (non-hydrogen) atoms. The van der Waals surface area contributed by atoms with Crippen molar-refractivity contribution < 1.29 is 143 Å². The van der Waals surface area contributed by atoms with Gasteiger partial charge >= 0.3 is 114 Å². The molecule has 0 aromatic heterocycles. The third-order valence-electron chi connectivity index (χ3n) is 10.4. The zero-order valence-electron chi connectivity index (χ0n) is 34.3. The number of hydrogen-bond donors (Lipinski definition) is 1. The molecule has 1 aliphatic carbocycles.